The fourth-order valence-corrected chi connectivity index (χ4v) is 8.98. The number of aliphatic hydroxyl groups excluding tert-OH is 3. The smallest absolute Gasteiger partial charge is 0.311 e. The molecule has 328 valence electrons. The zero-order chi connectivity index (χ0) is 42.5. The summed E-state index contributed by atoms with van der Waals surface area (Å²) in [6.07, 6.45) is -7.39. The Bertz CT molecular complexity index is 1270. The van der Waals surface area contributed by atoms with Gasteiger partial charge in [-0.3, -0.25) is 4.79 Å². The number of methoxy groups -OCH3 is 2. The van der Waals surface area contributed by atoms with Crippen molar-refractivity contribution in [2.24, 2.45) is 28.8 Å². The summed E-state index contributed by atoms with van der Waals surface area (Å²) < 4.78 is 44.6. The van der Waals surface area contributed by atoms with E-state index in [1.165, 1.54) is 14.0 Å². The normalized spacial score (nSPS) is 47.0. The molecule has 0 saturated carbocycles. The molecule has 0 aromatic heterocycles. The summed E-state index contributed by atoms with van der Waals surface area (Å²) in [4.78, 5) is 22.0. The number of rotatable bonds is 11. The third-order valence-corrected chi connectivity index (χ3v) is 12.8. The van der Waals surface area contributed by atoms with Crippen LogP contribution in [0.3, 0.4) is 0 Å². The summed E-state index contributed by atoms with van der Waals surface area (Å²) in [5.74, 6) is -3.48. The maximum absolute atomic E-state index is 14.4. The van der Waals surface area contributed by atoms with Gasteiger partial charge in [0.2, 0.25) is 0 Å². The van der Waals surface area contributed by atoms with E-state index in [4.69, 9.17) is 38.0 Å². The molecule has 3 fully saturated rings. The molecule has 3 saturated heterocycles. The highest BCUT2D eigenvalue weighted by molar-refractivity contribution is 5.88. The summed E-state index contributed by atoms with van der Waals surface area (Å²) in [5.41, 5.74) is -3.59. The quantitative estimate of drug-likeness (QED) is 0.135. The Morgan fingerprint density at radius 2 is 1.50 bits per heavy atom. The molecule has 4 unspecified atom stereocenters. The molecule has 0 radical (unpaired) electrons. The van der Waals surface area contributed by atoms with Crippen molar-refractivity contribution in [3.8, 4) is 0 Å². The number of cyclic esters (lactones) is 1. The van der Waals surface area contributed by atoms with Crippen molar-refractivity contribution < 1.29 is 63.2 Å². The van der Waals surface area contributed by atoms with E-state index in [2.05, 4.69) is 5.16 Å². The molecule has 0 bridgehead atoms. The van der Waals surface area contributed by atoms with E-state index in [1.807, 2.05) is 53.6 Å². The lowest BCUT2D eigenvalue weighted by molar-refractivity contribution is -0.319. The topological polar surface area (TPSA) is 187 Å². The van der Waals surface area contributed by atoms with Crippen LogP contribution in [0.2, 0.25) is 0 Å². The van der Waals surface area contributed by atoms with Gasteiger partial charge in [-0.2, -0.15) is 0 Å². The first kappa shape index (κ1) is 48.9. The molecular formula is C41H76N2O13. The molecule has 3 rings (SSSR count). The number of nitrogens with zero attached hydrogens (tertiary/aromatic N) is 2. The van der Waals surface area contributed by atoms with Crippen LogP contribution in [0, 0.1) is 23.7 Å². The Morgan fingerprint density at radius 1 is 0.875 bits per heavy atom. The van der Waals surface area contributed by atoms with E-state index in [1.54, 1.807) is 41.7 Å². The van der Waals surface area contributed by atoms with Crippen LogP contribution in [0.25, 0.3) is 0 Å². The molecule has 3 aliphatic heterocycles. The van der Waals surface area contributed by atoms with Crippen molar-refractivity contribution in [1.82, 2.24) is 4.90 Å². The van der Waals surface area contributed by atoms with Gasteiger partial charge >= 0.3 is 5.97 Å². The predicted octanol–water partition coefficient (Wildman–Crippen LogP) is 3.65. The third-order valence-electron chi connectivity index (χ3n) is 12.8. The fraction of sp³-hybridized carbons (Fsp3) is 0.951. The number of oxime groups is 1. The maximum Gasteiger partial charge on any atom is 0.311 e. The summed E-state index contributed by atoms with van der Waals surface area (Å²) in [6, 6.07) is -0.267. The zero-order valence-corrected chi connectivity index (χ0v) is 36.8. The Morgan fingerprint density at radius 3 is 2.05 bits per heavy atom. The van der Waals surface area contributed by atoms with Crippen LogP contribution in [0.15, 0.2) is 5.16 Å². The van der Waals surface area contributed by atoms with Gasteiger partial charge in [0.15, 0.2) is 12.6 Å². The zero-order valence-electron chi connectivity index (χ0n) is 36.8. The lowest BCUT2D eigenvalue weighted by Gasteiger charge is -2.50. The van der Waals surface area contributed by atoms with Gasteiger partial charge in [-0.05, 0) is 81.3 Å². The predicted molar refractivity (Wildman–Crippen MR) is 210 cm³/mol. The van der Waals surface area contributed by atoms with E-state index < -0.39 is 102 Å². The van der Waals surface area contributed by atoms with Crippen LogP contribution < -0.4 is 0 Å². The molecule has 0 aromatic rings. The monoisotopic (exact) mass is 805 g/mol. The molecule has 15 nitrogen and oxygen atoms in total. The minimum absolute atomic E-state index is 0.143. The molecule has 15 heteroatoms. The summed E-state index contributed by atoms with van der Waals surface area (Å²) in [6.45, 7) is 20.2. The van der Waals surface area contributed by atoms with Gasteiger partial charge in [0, 0.05) is 44.4 Å². The van der Waals surface area contributed by atoms with Gasteiger partial charge in [0.05, 0.1) is 53.4 Å². The van der Waals surface area contributed by atoms with E-state index in [0.717, 1.165) is 0 Å². The minimum atomic E-state index is -1.89. The highest BCUT2D eigenvalue weighted by Crippen LogP contribution is 2.42. The van der Waals surface area contributed by atoms with Crippen LogP contribution in [0.4, 0.5) is 0 Å². The number of ether oxygens (including phenoxy) is 7. The van der Waals surface area contributed by atoms with Crippen molar-refractivity contribution in [3.63, 3.8) is 0 Å². The summed E-state index contributed by atoms with van der Waals surface area (Å²) >= 11 is 0. The molecular weight excluding hydrogens is 728 g/mol. The average Bonchev–Trinajstić information content (AvgIpc) is 3.14. The average molecular weight is 805 g/mol. The first-order chi connectivity index (χ1) is 26.0. The Kier molecular flexibility index (Phi) is 17.6. The molecule has 0 amide bonds. The molecule has 3 heterocycles. The number of likely N-dealkylation sites (N-methyl/N-ethyl adjacent to an activating group) is 1. The van der Waals surface area contributed by atoms with Crippen molar-refractivity contribution in [3.05, 3.63) is 0 Å². The Labute approximate surface area is 335 Å². The van der Waals surface area contributed by atoms with Crippen molar-refractivity contribution in [1.29, 1.82) is 0 Å². The van der Waals surface area contributed by atoms with Gasteiger partial charge < -0.3 is 63.3 Å². The number of carbonyl (C=O) groups excluding carboxylic acids is 1. The number of aliphatic hydroxyl groups is 4. The van der Waals surface area contributed by atoms with Crippen LogP contribution in [-0.2, 0) is 42.8 Å². The van der Waals surface area contributed by atoms with E-state index in [0.29, 0.717) is 25.2 Å². The number of hydrogen-bond donors (Lipinski definition) is 4. The van der Waals surface area contributed by atoms with Crippen LogP contribution in [-0.4, -0.2) is 156 Å². The highest BCUT2D eigenvalue weighted by atomic mass is 16.7. The second kappa shape index (κ2) is 20.2. The van der Waals surface area contributed by atoms with Crippen LogP contribution in [0.5, 0.6) is 0 Å². The SMILES string of the molecule is CCCO/N=C1\[C@H](C)C[C@@](C)(OC)[C@H](O[C@@H]2O[C@H](C)C[C@H](N(C)C)[C@H]2O)[C@@H](C)[C@H](OC2CC(C)(OC)C(O)C(C)O2)[C@@H](C)C(=O)O[C@H](CC)[C@@](C)(O)[C@H](O)[C@H]1C. The van der Waals surface area contributed by atoms with E-state index in [-0.39, 0.29) is 31.4 Å². The minimum Gasteiger partial charge on any atom is -0.459 e. The number of carbonyl (C=O) groups is 1. The molecule has 0 aromatic carbocycles. The van der Waals surface area contributed by atoms with Crippen molar-refractivity contribution in [2.75, 3.05) is 34.9 Å². The molecule has 18 atom stereocenters. The van der Waals surface area contributed by atoms with Gasteiger partial charge in [-0.25, -0.2) is 0 Å². The largest absolute Gasteiger partial charge is 0.459 e. The molecule has 0 aliphatic carbocycles. The highest BCUT2D eigenvalue weighted by Gasteiger charge is 2.54. The van der Waals surface area contributed by atoms with Crippen LogP contribution >= 0.6 is 0 Å². The first-order valence-corrected chi connectivity index (χ1v) is 20.6. The molecule has 3 aliphatic rings. The van der Waals surface area contributed by atoms with Gasteiger partial charge in [-0.15, -0.1) is 0 Å². The lowest BCUT2D eigenvalue weighted by atomic mass is 9.73. The van der Waals surface area contributed by atoms with Crippen molar-refractivity contribution in [2.45, 2.75) is 193 Å². The molecule has 56 heavy (non-hydrogen) atoms. The first-order valence-electron chi connectivity index (χ1n) is 20.6. The van der Waals surface area contributed by atoms with Crippen molar-refractivity contribution >= 4 is 11.7 Å². The van der Waals surface area contributed by atoms with Gasteiger partial charge in [0.25, 0.3) is 0 Å². The third kappa shape index (κ3) is 10.8. The maximum atomic E-state index is 14.4. The van der Waals surface area contributed by atoms with Gasteiger partial charge in [0.1, 0.15) is 30.5 Å². The Hall–Kier alpha value is -1.50. The summed E-state index contributed by atoms with van der Waals surface area (Å²) in [7, 11) is 6.90. The van der Waals surface area contributed by atoms with Crippen LogP contribution in [0.1, 0.15) is 108 Å². The van der Waals surface area contributed by atoms with Gasteiger partial charge in [-0.1, -0.05) is 39.8 Å². The number of hydrogen-bond acceptors (Lipinski definition) is 15. The number of esters is 1. The molecule has 4 N–H and O–H groups in total. The van der Waals surface area contributed by atoms with E-state index in [9.17, 15) is 25.2 Å². The Balaban J connectivity index is 2.28. The standard InChI is InChI=1S/C41H76N2O13/c1-16-18-51-42-31-22(3)20-40(10,50-15)36(56-38-32(44)28(43(12)13)19-23(4)52-38)25(6)33(55-30-21-39(9,49-14)35(46)27(8)53-30)26(7)37(47)54-29(17-2)41(11,48)34(45)24(31)5/h22-30,32-36,38,44-46,48H,16-21H2,1-15H3/b42-31+/t22-,23-,24+,25+,26-,27?,28+,29-,30?,32-,33+,34-,35?,36-,38+,39?,40-,41-/m1/s1. The second-order valence-corrected chi connectivity index (χ2v) is 17.6. The second-order valence-electron chi connectivity index (χ2n) is 17.6. The van der Waals surface area contributed by atoms with E-state index >= 15 is 0 Å². The summed E-state index contributed by atoms with van der Waals surface area (Å²) in [5, 5.41) is 51.1. The lowest BCUT2D eigenvalue weighted by Crippen LogP contribution is -2.61. The fourth-order valence-electron chi connectivity index (χ4n) is 8.98. The molecule has 0 spiro atoms.